The van der Waals surface area contributed by atoms with Crippen molar-refractivity contribution in [2.24, 2.45) is 0 Å². The molecule has 4 rings (SSSR count). The van der Waals surface area contributed by atoms with Crippen molar-refractivity contribution < 1.29 is 0 Å². The van der Waals surface area contributed by atoms with E-state index in [1.54, 1.807) is 22.7 Å². The van der Waals surface area contributed by atoms with Gasteiger partial charge in [-0.3, -0.25) is 9.78 Å². The van der Waals surface area contributed by atoms with Gasteiger partial charge in [-0.2, -0.15) is 0 Å². The van der Waals surface area contributed by atoms with Crippen LogP contribution in [0.3, 0.4) is 0 Å². The maximum absolute atomic E-state index is 12.7. The third-order valence-corrected chi connectivity index (χ3v) is 6.02. The Morgan fingerprint density at radius 1 is 1.30 bits per heavy atom. The summed E-state index contributed by atoms with van der Waals surface area (Å²) in [5.41, 5.74) is 1.01. The summed E-state index contributed by atoms with van der Waals surface area (Å²) in [6, 6.07) is 4.08. The first-order valence-electron chi connectivity index (χ1n) is 7.77. The molecule has 1 fully saturated rings. The van der Waals surface area contributed by atoms with Gasteiger partial charge >= 0.3 is 0 Å². The van der Waals surface area contributed by atoms with Gasteiger partial charge in [-0.25, -0.2) is 4.98 Å². The lowest BCUT2D eigenvalue weighted by Gasteiger charge is -2.20. The van der Waals surface area contributed by atoms with Crippen LogP contribution in [0.25, 0.3) is 20.7 Å². The Hall–Kier alpha value is -1.70. The number of rotatable bonds is 2. The largest absolute Gasteiger partial charge is 0.341 e. The predicted molar refractivity (Wildman–Crippen MR) is 98.0 cm³/mol. The molecule has 2 N–H and O–H groups in total. The lowest BCUT2D eigenvalue weighted by atomic mass is 10.1. The first-order valence-corrected chi connectivity index (χ1v) is 9.46. The van der Waals surface area contributed by atoms with E-state index in [9.17, 15) is 4.79 Å². The SMILES string of the molecule is Cc1sc2nc(N3CCCNCC3)[nH]c(=O)c2c1-c1cccs1. The fraction of sp³-hybridized carbons (Fsp3) is 0.375. The third kappa shape index (κ3) is 2.69. The van der Waals surface area contributed by atoms with Gasteiger partial charge in [-0.15, -0.1) is 22.7 Å². The van der Waals surface area contributed by atoms with Crippen LogP contribution in [0, 0.1) is 6.92 Å². The normalized spacial score (nSPS) is 16.0. The Morgan fingerprint density at radius 3 is 3.04 bits per heavy atom. The van der Waals surface area contributed by atoms with Crippen LogP contribution < -0.4 is 15.8 Å². The van der Waals surface area contributed by atoms with E-state index in [2.05, 4.69) is 28.2 Å². The third-order valence-electron chi connectivity index (χ3n) is 4.13. The molecule has 1 saturated heterocycles. The molecule has 0 unspecified atom stereocenters. The van der Waals surface area contributed by atoms with Gasteiger partial charge < -0.3 is 10.2 Å². The molecule has 0 aromatic carbocycles. The number of nitrogens with one attached hydrogen (secondary N) is 2. The van der Waals surface area contributed by atoms with Gasteiger partial charge in [0.05, 0.1) is 5.39 Å². The number of aryl methyl sites for hydroxylation is 1. The fourth-order valence-electron chi connectivity index (χ4n) is 3.03. The van der Waals surface area contributed by atoms with Crippen molar-refractivity contribution in [3.05, 3.63) is 32.7 Å². The zero-order valence-electron chi connectivity index (χ0n) is 12.9. The molecule has 0 atom stereocenters. The summed E-state index contributed by atoms with van der Waals surface area (Å²) in [4.78, 5) is 25.8. The molecule has 1 aliphatic rings. The van der Waals surface area contributed by atoms with Gasteiger partial charge in [0.2, 0.25) is 5.95 Å². The van der Waals surface area contributed by atoms with E-state index in [-0.39, 0.29) is 5.56 Å². The van der Waals surface area contributed by atoms with E-state index in [0.717, 1.165) is 58.1 Å². The van der Waals surface area contributed by atoms with Crippen LogP contribution in [-0.2, 0) is 0 Å². The number of aromatic amines is 1. The van der Waals surface area contributed by atoms with Gasteiger partial charge in [0, 0.05) is 35.0 Å². The number of fused-ring (bicyclic) bond motifs is 1. The Bertz CT molecular complexity index is 874. The molecule has 0 aliphatic carbocycles. The number of H-pyrrole nitrogens is 1. The predicted octanol–water partition coefficient (Wildman–Crippen LogP) is 2.82. The van der Waals surface area contributed by atoms with Gasteiger partial charge in [-0.05, 0) is 31.3 Å². The second kappa shape index (κ2) is 6.07. The van der Waals surface area contributed by atoms with Crippen LogP contribution in [0.4, 0.5) is 5.95 Å². The minimum atomic E-state index is -0.0324. The number of hydrogen-bond donors (Lipinski definition) is 2. The molecule has 5 nitrogen and oxygen atoms in total. The lowest BCUT2D eigenvalue weighted by molar-refractivity contribution is 0.724. The quantitative estimate of drug-likeness (QED) is 0.749. The number of nitrogens with zero attached hydrogens (tertiary/aromatic N) is 2. The maximum Gasteiger partial charge on any atom is 0.261 e. The maximum atomic E-state index is 12.7. The molecule has 0 saturated carbocycles. The summed E-state index contributed by atoms with van der Waals surface area (Å²) in [5, 5.41) is 6.14. The molecule has 4 heterocycles. The highest BCUT2D eigenvalue weighted by atomic mass is 32.1. The summed E-state index contributed by atoms with van der Waals surface area (Å²) in [7, 11) is 0. The number of anilines is 1. The zero-order chi connectivity index (χ0) is 15.8. The van der Waals surface area contributed by atoms with Crippen molar-refractivity contribution in [2.45, 2.75) is 13.3 Å². The van der Waals surface area contributed by atoms with Gasteiger partial charge in [0.25, 0.3) is 5.56 Å². The van der Waals surface area contributed by atoms with Crippen molar-refractivity contribution in [2.75, 3.05) is 31.1 Å². The second-order valence-electron chi connectivity index (χ2n) is 5.67. The van der Waals surface area contributed by atoms with Crippen molar-refractivity contribution in [3.63, 3.8) is 0 Å². The average Bonchev–Trinajstić information content (AvgIpc) is 3.06. The average molecular weight is 346 g/mol. The number of hydrogen-bond acceptors (Lipinski definition) is 6. The number of aromatic nitrogens is 2. The molecule has 7 heteroatoms. The summed E-state index contributed by atoms with van der Waals surface area (Å²) in [6.07, 6.45) is 1.06. The van der Waals surface area contributed by atoms with Crippen molar-refractivity contribution in [3.8, 4) is 10.4 Å². The highest BCUT2D eigenvalue weighted by Gasteiger charge is 2.19. The Morgan fingerprint density at radius 2 is 2.22 bits per heavy atom. The van der Waals surface area contributed by atoms with Crippen molar-refractivity contribution >= 4 is 38.8 Å². The van der Waals surface area contributed by atoms with Gasteiger partial charge in [-0.1, -0.05) is 6.07 Å². The van der Waals surface area contributed by atoms with E-state index < -0.39 is 0 Å². The molecule has 0 amide bonds. The van der Waals surface area contributed by atoms with Crippen molar-refractivity contribution in [1.82, 2.24) is 15.3 Å². The molecule has 0 radical (unpaired) electrons. The molecule has 0 bridgehead atoms. The van der Waals surface area contributed by atoms with Crippen LogP contribution in [-0.4, -0.2) is 36.1 Å². The highest BCUT2D eigenvalue weighted by molar-refractivity contribution is 7.20. The Balaban J connectivity index is 1.84. The highest BCUT2D eigenvalue weighted by Crippen LogP contribution is 2.38. The standard InChI is InChI=1S/C16H18N4OS2/c1-10-12(11-4-2-9-22-11)13-14(21)18-16(19-15(13)23-10)20-7-3-5-17-6-8-20/h2,4,9,17H,3,5-8H2,1H3,(H,18,19,21). The topological polar surface area (TPSA) is 61.0 Å². The van der Waals surface area contributed by atoms with E-state index in [1.165, 1.54) is 0 Å². The number of thiophene rings is 2. The lowest BCUT2D eigenvalue weighted by Crippen LogP contribution is -2.30. The first kappa shape index (κ1) is 14.9. The molecule has 1 aliphatic heterocycles. The molecular weight excluding hydrogens is 328 g/mol. The van der Waals surface area contributed by atoms with E-state index in [4.69, 9.17) is 4.98 Å². The molecule has 120 valence electrons. The second-order valence-corrected chi connectivity index (χ2v) is 7.82. The Labute approximate surface area is 142 Å². The zero-order valence-corrected chi connectivity index (χ0v) is 14.5. The first-order chi connectivity index (χ1) is 11.2. The summed E-state index contributed by atoms with van der Waals surface area (Å²) >= 11 is 3.27. The summed E-state index contributed by atoms with van der Waals surface area (Å²) < 4.78 is 0. The smallest absolute Gasteiger partial charge is 0.261 e. The van der Waals surface area contributed by atoms with Gasteiger partial charge in [0.15, 0.2) is 0 Å². The van der Waals surface area contributed by atoms with Crippen LogP contribution in [0.15, 0.2) is 22.3 Å². The van der Waals surface area contributed by atoms with Crippen LogP contribution in [0.2, 0.25) is 0 Å². The minimum absolute atomic E-state index is 0.0324. The van der Waals surface area contributed by atoms with Crippen LogP contribution in [0.1, 0.15) is 11.3 Å². The minimum Gasteiger partial charge on any atom is -0.341 e. The molecule has 23 heavy (non-hydrogen) atoms. The van der Waals surface area contributed by atoms with Gasteiger partial charge in [0.1, 0.15) is 4.83 Å². The van der Waals surface area contributed by atoms with E-state index >= 15 is 0 Å². The molecular formula is C16H18N4OS2. The Kier molecular flexibility index (Phi) is 3.92. The van der Waals surface area contributed by atoms with Crippen molar-refractivity contribution in [1.29, 1.82) is 0 Å². The van der Waals surface area contributed by atoms with E-state index in [1.807, 2.05) is 11.4 Å². The fourth-order valence-corrected chi connectivity index (χ4v) is 4.96. The monoisotopic (exact) mass is 346 g/mol. The van der Waals surface area contributed by atoms with Crippen LogP contribution in [0.5, 0.6) is 0 Å². The molecule has 0 spiro atoms. The molecule has 3 aromatic heterocycles. The van der Waals surface area contributed by atoms with Crippen LogP contribution >= 0.6 is 22.7 Å². The molecule has 3 aromatic rings. The van der Waals surface area contributed by atoms with E-state index in [0.29, 0.717) is 5.95 Å². The summed E-state index contributed by atoms with van der Waals surface area (Å²) in [5.74, 6) is 0.699. The summed E-state index contributed by atoms with van der Waals surface area (Å²) in [6.45, 7) is 5.80.